The molecule has 1 aliphatic heterocycles. The van der Waals surface area contributed by atoms with Gasteiger partial charge in [-0.1, -0.05) is 12.1 Å². The van der Waals surface area contributed by atoms with E-state index >= 15 is 0 Å². The van der Waals surface area contributed by atoms with E-state index < -0.39 is 0 Å². The Morgan fingerprint density at radius 2 is 2.00 bits per heavy atom. The molecule has 1 heterocycles. The number of benzene rings is 1. The standard InChI is InChI=1S/C16H22N2O/c19-16(14-5-6-14)18-15-7-3-12(4-8-15)10-13-2-1-9-17-11-13/h3-4,7-8,13-14,17H,1-2,5-6,9-11H2,(H,18,19). The summed E-state index contributed by atoms with van der Waals surface area (Å²) in [7, 11) is 0. The Kier molecular flexibility index (Phi) is 3.83. The van der Waals surface area contributed by atoms with Gasteiger partial charge in [0.05, 0.1) is 0 Å². The summed E-state index contributed by atoms with van der Waals surface area (Å²) in [6, 6.07) is 8.37. The van der Waals surface area contributed by atoms with Gasteiger partial charge in [0.1, 0.15) is 0 Å². The van der Waals surface area contributed by atoms with Crippen LogP contribution in [0.25, 0.3) is 0 Å². The zero-order chi connectivity index (χ0) is 13.1. The molecule has 2 aliphatic rings. The van der Waals surface area contributed by atoms with E-state index in [9.17, 15) is 4.79 Å². The van der Waals surface area contributed by atoms with Gasteiger partial charge in [0.25, 0.3) is 0 Å². The first-order valence-corrected chi connectivity index (χ1v) is 7.42. The summed E-state index contributed by atoms with van der Waals surface area (Å²) in [4.78, 5) is 11.7. The lowest BCUT2D eigenvalue weighted by Gasteiger charge is -2.22. The van der Waals surface area contributed by atoms with Crippen LogP contribution in [0.15, 0.2) is 24.3 Å². The molecule has 102 valence electrons. The quantitative estimate of drug-likeness (QED) is 0.871. The minimum absolute atomic E-state index is 0.184. The second-order valence-electron chi connectivity index (χ2n) is 5.88. The van der Waals surface area contributed by atoms with E-state index in [2.05, 4.69) is 22.8 Å². The zero-order valence-electron chi connectivity index (χ0n) is 11.3. The number of hydrogen-bond acceptors (Lipinski definition) is 2. The first kappa shape index (κ1) is 12.7. The molecule has 1 amide bonds. The SMILES string of the molecule is O=C(Nc1ccc(CC2CCCNC2)cc1)C1CC1. The van der Waals surface area contributed by atoms with Gasteiger partial charge < -0.3 is 10.6 Å². The normalized spacial score (nSPS) is 23.1. The average Bonchev–Trinajstić information content (AvgIpc) is 3.27. The van der Waals surface area contributed by atoms with E-state index in [1.54, 1.807) is 0 Å². The molecule has 19 heavy (non-hydrogen) atoms. The summed E-state index contributed by atoms with van der Waals surface area (Å²) < 4.78 is 0. The lowest BCUT2D eigenvalue weighted by molar-refractivity contribution is -0.117. The molecule has 1 aromatic carbocycles. The molecule has 0 aromatic heterocycles. The smallest absolute Gasteiger partial charge is 0.227 e. The molecule has 1 saturated carbocycles. The van der Waals surface area contributed by atoms with Gasteiger partial charge in [-0.2, -0.15) is 0 Å². The highest BCUT2D eigenvalue weighted by Crippen LogP contribution is 2.30. The van der Waals surface area contributed by atoms with E-state index in [0.29, 0.717) is 0 Å². The molecule has 1 atom stereocenters. The molecular weight excluding hydrogens is 236 g/mol. The predicted octanol–water partition coefficient (Wildman–Crippen LogP) is 2.58. The minimum Gasteiger partial charge on any atom is -0.326 e. The van der Waals surface area contributed by atoms with Crippen molar-refractivity contribution < 1.29 is 4.79 Å². The Balaban J connectivity index is 1.54. The fraction of sp³-hybridized carbons (Fsp3) is 0.562. The van der Waals surface area contributed by atoms with Crippen LogP contribution in [0.4, 0.5) is 5.69 Å². The van der Waals surface area contributed by atoms with Crippen LogP contribution in [-0.2, 0) is 11.2 Å². The second kappa shape index (κ2) is 5.74. The monoisotopic (exact) mass is 258 g/mol. The predicted molar refractivity (Wildman–Crippen MR) is 77.1 cm³/mol. The molecule has 3 rings (SSSR count). The van der Waals surface area contributed by atoms with Crippen molar-refractivity contribution in [3.63, 3.8) is 0 Å². The Morgan fingerprint density at radius 1 is 1.21 bits per heavy atom. The van der Waals surface area contributed by atoms with E-state index in [4.69, 9.17) is 0 Å². The molecule has 1 saturated heterocycles. The molecule has 1 aromatic rings. The van der Waals surface area contributed by atoms with Crippen LogP contribution >= 0.6 is 0 Å². The van der Waals surface area contributed by atoms with Gasteiger partial charge in [0.2, 0.25) is 5.91 Å². The van der Waals surface area contributed by atoms with Gasteiger partial charge in [-0.3, -0.25) is 4.79 Å². The van der Waals surface area contributed by atoms with Crippen LogP contribution in [-0.4, -0.2) is 19.0 Å². The maximum absolute atomic E-state index is 11.7. The topological polar surface area (TPSA) is 41.1 Å². The Labute approximate surface area is 114 Å². The minimum atomic E-state index is 0.184. The molecule has 2 N–H and O–H groups in total. The molecule has 0 bridgehead atoms. The highest BCUT2D eigenvalue weighted by atomic mass is 16.2. The number of anilines is 1. The van der Waals surface area contributed by atoms with Crippen LogP contribution < -0.4 is 10.6 Å². The lowest BCUT2D eigenvalue weighted by atomic mass is 9.92. The molecule has 3 nitrogen and oxygen atoms in total. The summed E-state index contributed by atoms with van der Waals surface area (Å²) in [6.45, 7) is 2.31. The first-order chi connectivity index (χ1) is 9.31. The summed E-state index contributed by atoms with van der Waals surface area (Å²) >= 11 is 0. The Hall–Kier alpha value is -1.35. The molecule has 0 spiro atoms. The third kappa shape index (κ3) is 3.57. The first-order valence-electron chi connectivity index (χ1n) is 7.42. The van der Waals surface area contributed by atoms with Crippen molar-refractivity contribution in [2.24, 2.45) is 11.8 Å². The van der Waals surface area contributed by atoms with Gasteiger partial charge in [-0.15, -0.1) is 0 Å². The van der Waals surface area contributed by atoms with Crippen molar-refractivity contribution in [3.8, 4) is 0 Å². The number of amides is 1. The van der Waals surface area contributed by atoms with E-state index in [-0.39, 0.29) is 11.8 Å². The van der Waals surface area contributed by atoms with Crippen molar-refractivity contribution in [2.45, 2.75) is 32.1 Å². The second-order valence-corrected chi connectivity index (χ2v) is 5.88. The van der Waals surface area contributed by atoms with Crippen molar-refractivity contribution in [1.29, 1.82) is 0 Å². The fourth-order valence-electron chi connectivity index (χ4n) is 2.75. The van der Waals surface area contributed by atoms with Crippen molar-refractivity contribution in [3.05, 3.63) is 29.8 Å². The van der Waals surface area contributed by atoms with Gasteiger partial charge >= 0.3 is 0 Å². The number of carbonyl (C=O) groups excluding carboxylic acids is 1. The Bertz CT molecular complexity index is 431. The number of nitrogens with one attached hydrogen (secondary N) is 2. The third-order valence-corrected chi connectivity index (χ3v) is 4.09. The highest BCUT2D eigenvalue weighted by molar-refractivity contribution is 5.93. The van der Waals surface area contributed by atoms with Crippen LogP contribution in [0.1, 0.15) is 31.2 Å². The maximum atomic E-state index is 11.7. The van der Waals surface area contributed by atoms with Crippen molar-refractivity contribution in [1.82, 2.24) is 5.32 Å². The van der Waals surface area contributed by atoms with Crippen LogP contribution in [0.5, 0.6) is 0 Å². The highest BCUT2D eigenvalue weighted by Gasteiger charge is 2.29. The largest absolute Gasteiger partial charge is 0.326 e. The zero-order valence-corrected chi connectivity index (χ0v) is 11.3. The maximum Gasteiger partial charge on any atom is 0.227 e. The molecule has 3 heteroatoms. The van der Waals surface area contributed by atoms with Crippen LogP contribution in [0, 0.1) is 11.8 Å². The molecule has 0 radical (unpaired) electrons. The summed E-state index contributed by atoms with van der Waals surface area (Å²) in [6.07, 6.45) is 5.87. The fourth-order valence-corrected chi connectivity index (χ4v) is 2.75. The number of rotatable bonds is 4. The van der Waals surface area contributed by atoms with Gasteiger partial charge in [0.15, 0.2) is 0 Å². The number of hydrogen-bond donors (Lipinski definition) is 2. The molecular formula is C16H22N2O. The number of carbonyl (C=O) groups is 1. The summed E-state index contributed by atoms with van der Waals surface area (Å²) in [5, 5.41) is 6.44. The molecule has 1 unspecified atom stereocenters. The third-order valence-electron chi connectivity index (χ3n) is 4.09. The van der Waals surface area contributed by atoms with Crippen LogP contribution in [0.3, 0.4) is 0 Å². The van der Waals surface area contributed by atoms with Crippen molar-refractivity contribution in [2.75, 3.05) is 18.4 Å². The van der Waals surface area contributed by atoms with E-state index in [1.807, 2.05) is 12.1 Å². The van der Waals surface area contributed by atoms with Gasteiger partial charge in [-0.05, 0) is 68.8 Å². The van der Waals surface area contributed by atoms with E-state index in [1.165, 1.54) is 24.9 Å². The lowest BCUT2D eigenvalue weighted by Crippen LogP contribution is -2.30. The summed E-state index contributed by atoms with van der Waals surface area (Å²) in [5.41, 5.74) is 2.31. The van der Waals surface area contributed by atoms with E-state index in [0.717, 1.165) is 37.4 Å². The molecule has 2 fully saturated rings. The van der Waals surface area contributed by atoms with Gasteiger partial charge in [-0.25, -0.2) is 0 Å². The Morgan fingerprint density at radius 3 is 2.63 bits per heavy atom. The number of piperidine rings is 1. The average molecular weight is 258 g/mol. The van der Waals surface area contributed by atoms with Crippen LogP contribution in [0.2, 0.25) is 0 Å². The molecule has 1 aliphatic carbocycles. The summed E-state index contributed by atoms with van der Waals surface area (Å²) in [5.74, 6) is 1.22. The van der Waals surface area contributed by atoms with Crippen molar-refractivity contribution >= 4 is 11.6 Å². The van der Waals surface area contributed by atoms with Gasteiger partial charge in [0, 0.05) is 11.6 Å².